The van der Waals surface area contributed by atoms with Gasteiger partial charge in [-0.15, -0.1) is 12.3 Å². The summed E-state index contributed by atoms with van der Waals surface area (Å²) in [5.74, 6) is 1.41. The number of likely N-dealkylation sites (tertiary alicyclic amines) is 1. The van der Waals surface area contributed by atoms with Crippen molar-refractivity contribution in [3.63, 3.8) is 0 Å². The van der Waals surface area contributed by atoms with Crippen LogP contribution < -0.4 is 11.1 Å². The maximum Gasteiger partial charge on any atom is 0.327 e. The van der Waals surface area contributed by atoms with Crippen LogP contribution >= 0.6 is 0 Å². The number of carbonyl (C=O) groups excluding carboxylic acids is 1. The van der Waals surface area contributed by atoms with Crippen LogP contribution in [0.4, 0.5) is 4.79 Å². The molecule has 0 saturated carbocycles. The highest BCUT2D eigenvalue weighted by molar-refractivity contribution is 5.82. The second kappa shape index (κ2) is 6.11. The van der Waals surface area contributed by atoms with Gasteiger partial charge in [-0.1, -0.05) is 0 Å². The molecule has 0 radical (unpaired) electrons. The van der Waals surface area contributed by atoms with E-state index in [2.05, 4.69) is 11.2 Å². The molecular formula is C11H17N3O3. The Balaban J connectivity index is 2.48. The van der Waals surface area contributed by atoms with E-state index in [-0.39, 0.29) is 12.5 Å². The van der Waals surface area contributed by atoms with E-state index in [1.807, 2.05) is 0 Å². The Morgan fingerprint density at radius 2 is 2.35 bits per heavy atom. The average molecular weight is 239 g/mol. The molecule has 6 nitrogen and oxygen atoms in total. The quantitative estimate of drug-likeness (QED) is 0.574. The first kappa shape index (κ1) is 13.3. The maximum absolute atomic E-state index is 11.7. The summed E-state index contributed by atoms with van der Waals surface area (Å²) < 4.78 is 0. The van der Waals surface area contributed by atoms with Gasteiger partial charge in [0.2, 0.25) is 0 Å². The van der Waals surface area contributed by atoms with E-state index >= 15 is 0 Å². The molecule has 1 aliphatic rings. The molecular weight excluding hydrogens is 222 g/mol. The maximum atomic E-state index is 11.7. The smallest absolute Gasteiger partial charge is 0.327 e. The van der Waals surface area contributed by atoms with E-state index < -0.39 is 12.0 Å². The predicted octanol–water partition coefficient (Wildman–Crippen LogP) is -0.547. The van der Waals surface area contributed by atoms with Crippen molar-refractivity contribution in [3.05, 3.63) is 0 Å². The van der Waals surface area contributed by atoms with Crippen molar-refractivity contribution in [2.24, 2.45) is 11.7 Å². The first-order chi connectivity index (χ1) is 8.08. The fourth-order valence-corrected chi connectivity index (χ4v) is 1.77. The standard InChI is InChI=1S/C11H17N3O3/c1-2-3-9(10(15)16)13-11(17)14-5-4-8(6-12)7-14/h1,8-9H,3-7,12H2,(H,13,17)(H,15,16). The third kappa shape index (κ3) is 3.64. The number of rotatable bonds is 4. The molecule has 4 N–H and O–H groups in total. The number of nitrogens with one attached hydrogen (secondary N) is 1. The molecule has 17 heavy (non-hydrogen) atoms. The van der Waals surface area contributed by atoms with Crippen LogP contribution in [-0.4, -0.2) is 47.7 Å². The largest absolute Gasteiger partial charge is 0.480 e. The highest BCUT2D eigenvalue weighted by Gasteiger charge is 2.28. The monoisotopic (exact) mass is 239 g/mol. The number of urea groups is 1. The van der Waals surface area contributed by atoms with Gasteiger partial charge in [0, 0.05) is 19.5 Å². The highest BCUT2D eigenvalue weighted by Crippen LogP contribution is 2.14. The van der Waals surface area contributed by atoms with E-state index in [1.165, 1.54) is 0 Å². The van der Waals surface area contributed by atoms with Crippen molar-refractivity contribution >= 4 is 12.0 Å². The van der Waals surface area contributed by atoms with Crippen LogP contribution in [0.1, 0.15) is 12.8 Å². The molecule has 2 amide bonds. The Morgan fingerprint density at radius 3 is 2.82 bits per heavy atom. The fraction of sp³-hybridized carbons (Fsp3) is 0.636. The zero-order valence-corrected chi connectivity index (χ0v) is 9.56. The third-order valence-electron chi connectivity index (χ3n) is 2.82. The van der Waals surface area contributed by atoms with Gasteiger partial charge in [0.15, 0.2) is 0 Å². The summed E-state index contributed by atoms with van der Waals surface area (Å²) in [4.78, 5) is 24.1. The number of terminal acetylenes is 1. The molecule has 2 unspecified atom stereocenters. The Labute approximate surface area is 100 Å². The second-order valence-corrected chi connectivity index (χ2v) is 4.08. The number of aliphatic carboxylic acids is 1. The Hall–Kier alpha value is -1.74. The molecule has 1 aliphatic heterocycles. The highest BCUT2D eigenvalue weighted by atomic mass is 16.4. The third-order valence-corrected chi connectivity index (χ3v) is 2.82. The van der Waals surface area contributed by atoms with Gasteiger partial charge in [0.1, 0.15) is 6.04 Å². The SMILES string of the molecule is C#CCC(NC(=O)N1CCC(CN)C1)C(=O)O. The zero-order valence-electron chi connectivity index (χ0n) is 9.56. The van der Waals surface area contributed by atoms with Crippen LogP contribution in [-0.2, 0) is 4.79 Å². The molecule has 1 fully saturated rings. The first-order valence-electron chi connectivity index (χ1n) is 5.50. The second-order valence-electron chi connectivity index (χ2n) is 4.08. The van der Waals surface area contributed by atoms with E-state index in [9.17, 15) is 9.59 Å². The molecule has 0 aromatic heterocycles. The number of carbonyl (C=O) groups is 2. The Morgan fingerprint density at radius 1 is 1.65 bits per heavy atom. The number of nitrogens with two attached hydrogens (primary N) is 1. The van der Waals surface area contributed by atoms with Gasteiger partial charge < -0.3 is 21.1 Å². The molecule has 0 aromatic rings. The number of amides is 2. The van der Waals surface area contributed by atoms with Gasteiger partial charge in [-0.2, -0.15) is 0 Å². The number of hydrogen-bond acceptors (Lipinski definition) is 3. The molecule has 0 aromatic carbocycles. The van der Waals surface area contributed by atoms with Crippen LogP contribution in [0.15, 0.2) is 0 Å². The van der Waals surface area contributed by atoms with Crippen molar-refractivity contribution in [2.75, 3.05) is 19.6 Å². The fourth-order valence-electron chi connectivity index (χ4n) is 1.77. The number of carboxylic acids is 1. The lowest BCUT2D eigenvalue weighted by molar-refractivity contribution is -0.139. The molecule has 0 bridgehead atoms. The van der Waals surface area contributed by atoms with E-state index in [4.69, 9.17) is 17.3 Å². The van der Waals surface area contributed by atoms with Crippen molar-refractivity contribution < 1.29 is 14.7 Å². The van der Waals surface area contributed by atoms with Crippen molar-refractivity contribution in [2.45, 2.75) is 18.9 Å². The summed E-state index contributed by atoms with van der Waals surface area (Å²) in [6.07, 6.45) is 5.88. The van der Waals surface area contributed by atoms with E-state index in [0.717, 1.165) is 6.42 Å². The first-order valence-corrected chi connectivity index (χ1v) is 5.50. The molecule has 1 rings (SSSR count). The van der Waals surface area contributed by atoms with Gasteiger partial charge in [0.25, 0.3) is 0 Å². The van der Waals surface area contributed by atoms with Crippen LogP contribution in [0.5, 0.6) is 0 Å². The molecule has 1 heterocycles. The van der Waals surface area contributed by atoms with Gasteiger partial charge >= 0.3 is 12.0 Å². The summed E-state index contributed by atoms with van der Waals surface area (Å²) in [5, 5.41) is 11.3. The van der Waals surface area contributed by atoms with Crippen LogP contribution in [0.2, 0.25) is 0 Å². The van der Waals surface area contributed by atoms with Crippen LogP contribution in [0.3, 0.4) is 0 Å². The average Bonchev–Trinajstić information content (AvgIpc) is 2.76. The van der Waals surface area contributed by atoms with Crippen molar-refractivity contribution in [1.29, 1.82) is 0 Å². The number of carboxylic acid groups (broad SMARTS) is 1. The van der Waals surface area contributed by atoms with Crippen molar-refractivity contribution in [1.82, 2.24) is 10.2 Å². The molecule has 0 aliphatic carbocycles. The van der Waals surface area contributed by atoms with Crippen LogP contribution in [0, 0.1) is 18.3 Å². The lowest BCUT2D eigenvalue weighted by Crippen LogP contribution is -2.47. The minimum atomic E-state index is -1.12. The van der Waals surface area contributed by atoms with Gasteiger partial charge in [0.05, 0.1) is 0 Å². The van der Waals surface area contributed by atoms with E-state index in [0.29, 0.717) is 25.6 Å². The van der Waals surface area contributed by atoms with Gasteiger partial charge in [-0.25, -0.2) is 9.59 Å². The molecule has 0 spiro atoms. The van der Waals surface area contributed by atoms with Crippen LogP contribution in [0.25, 0.3) is 0 Å². The van der Waals surface area contributed by atoms with E-state index in [1.54, 1.807) is 4.90 Å². The Bertz CT molecular complexity index is 337. The summed E-state index contributed by atoms with van der Waals surface area (Å²) in [7, 11) is 0. The summed E-state index contributed by atoms with van der Waals surface area (Å²) >= 11 is 0. The summed E-state index contributed by atoms with van der Waals surface area (Å²) in [6.45, 7) is 1.72. The minimum absolute atomic E-state index is 0.0186. The summed E-state index contributed by atoms with van der Waals surface area (Å²) in [5.41, 5.74) is 5.51. The molecule has 2 atom stereocenters. The number of nitrogens with zero attached hydrogens (tertiary/aromatic N) is 1. The topological polar surface area (TPSA) is 95.7 Å². The lowest BCUT2D eigenvalue weighted by Gasteiger charge is -2.20. The van der Waals surface area contributed by atoms with Gasteiger partial charge in [-0.3, -0.25) is 0 Å². The van der Waals surface area contributed by atoms with Gasteiger partial charge in [-0.05, 0) is 18.9 Å². The minimum Gasteiger partial charge on any atom is -0.480 e. The lowest BCUT2D eigenvalue weighted by atomic mass is 10.1. The summed E-state index contributed by atoms with van der Waals surface area (Å²) in [6, 6.07) is -1.41. The predicted molar refractivity (Wildman–Crippen MR) is 62.1 cm³/mol. The number of hydrogen-bond donors (Lipinski definition) is 3. The zero-order chi connectivity index (χ0) is 12.8. The Kier molecular flexibility index (Phi) is 4.79. The molecule has 1 saturated heterocycles. The molecule has 94 valence electrons. The van der Waals surface area contributed by atoms with Crippen molar-refractivity contribution in [3.8, 4) is 12.3 Å². The normalized spacial score (nSPS) is 20.7. The molecule has 6 heteroatoms.